The lowest BCUT2D eigenvalue weighted by molar-refractivity contribution is -0.384. The number of nitrogens with zero attached hydrogens (tertiary/aromatic N) is 4. The Morgan fingerprint density at radius 3 is 2.38 bits per heavy atom. The quantitative estimate of drug-likeness (QED) is 0.534. The van der Waals surface area contributed by atoms with Crippen LogP contribution >= 0.6 is 0 Å². The predicted molar refractivity (Wildman–Crippen MR) is 102 cm³/mol. The Kier molecular flexibility index (Phi) is 4.50. The van der Waals surface area contributed by atoms with Crippen molar-refractivity contribution in [3.05, 3.63) is 76.3 Å². The molecular formula is C20H20N4O2. The fraction of sp³-hybridized carbons (Fsp3) is 0.250. The molecule has 6 heteroatoms. The second-order valence-electron chi connectivity index (χ2n) is 6.53. The van der Waals surface area contributed by atoms with E-state index in [-0.39, 0.29) is 10.6 Å². The minimum absolute atomic E-state index is 0.0835. The van der Waals surface area contributed by atoms with Crippen LogP contribution in [-0.4, -0.2) is 41.0 Å². The summed E-state index contributed by atoms with van der Waals surface area (Å²) in [6.07, 6.45) is 0. The third-order valence-electron chi connectivity index (χ3n) is 4.80. The molecule has 0 unspecified atom stereocenters. The van der Waals surface area contributed by atoms with Crippen LogP contribution in [0.5, 0.6) is 0 Å². The fourth-order valence-corrected chi connectivity index (χ4v) is 3.42. The Labute approximate surface area is 151 Å². The average molecular weight is 348 g/mol. The van der Waals surface area contributed by atoms with E-state index in [0.717, 1.165) is 43.6 Å². The van der Waals surface area contributed by atoms with Gasteiger partial charge in [-0.05, 0) is 11.6 Å². The van der Waals surface area contributed by atoms with Crippen molar-refractivity contribution in [3.8, 4) is 0 Å². The zero-order chi connectivity index (χ0) is 17.9. The van der Waals surface area contributed by atoms with Gasteiger partial charge in [-0.1, -0.05) is 48.5 Å². The number of pyridine rings is 1. The number of hydrogen-bond donors (Lipinski definition) is 0. The molecular weight excluding hydrogens is 328 g/mol. The molecule has 132 valence electrons. The van der Waals surface area contributed by atoms with Crippen molar-refractivity contribution in [3.63, 3.8) is 0 Å². The van der Waals surface area contributed by atoms with Crippen LogP contribution in [0.3, 0.4) is 0 Å². The Hall–Kier alpha value is -2.99. The average Bonchev–Trinajstić information content (AvgIpc) is 2.68. The highest BCUT2D eigenvalue weighted by atomic mass is 16.6. The Bertz CT molecular complexity index is 922. The van der Waals surface area contributed by atoms with Crippen LogP contribution in [0.1, 0.15) is 5.56 Å². The van der Waals surface area contributed by atoms with Crippen molar-refractivity contribution in [2.45, 2.75) is 6.54 Å². The molecule has 4 rings (SSSR count). The number of fused-ring (bicyclic) bond motifs is 1. The molecule has 1 aliphatic rings. The molecule has 0 radical (unpaired) electrons. The molecule has 3 aromatic rings. The number of anilines is 1. The third kappa shape index (κ3) is 3.36. The van der Waals surface area contributed by atoms with E-state index < -0.39 is 0 Å². The predicted octanol–water partition coefficient (Wildman–Crippen LogP) is 3.47. The van der Waals surface area contributed by atoms with Gasteiger partial charge in [-0.25, -0.2) is 4.98 Å². The highest BCUT2D eigenvalue weighted by molar-refractivity contribution is 5.84. The van der Waals surface area contributed by atoms with Gasteiger partial charge in [-0.15, -0.1) is 0 Å². The standard InChI is InChI=1S/C20H20N4O2/c25-24(26)19-14-17-8-4-5-9-18(17)21-20(19)23-12-10-22(11-13-23)15-16-6-2-1-3-7-16/h1-9,14H,10-13,15H2. The molecule has 1 fully saturated rings. The maximum absolute atomic E-state index is 11.5. The van der Waals surface area contributed by atoms with Crippen molar-refractivity contribution in [1.29, 1.82) is 0 Å². The summed E-state index contributed by atoms with van der Waals surface area (Å²) in [4.78, 5) is 20.2. The maximum Gasteiger partial charge on any atom is 0.312 e. The lowest BCUT2D eigenvalue weighted by Crippen LogP contribution is -2.46. The van der Waals surface area contributed by atoms with E-state index >= 15 is 0 Å². The van der Waals surface area contributed by atoms with E-state index in [1.807, 2.05) is 47.4 Å². The van der Waals surface area contributed by atoms with Crippen molar-refractivity contribution in [1.82, 2.24) is 9.88 Å². The molecule has 0 bridgehead atoms. The van der Waals surface area contributed by atoms with E-state index in [1.54, 1.807) is 6.07 Å². The molecule has 26 heavy (non-hydrogen) atoms. The van der Waals surface area contributed by atoms with Gasteiger partial charge in [0.25, 0.3) is 0 Å². The Balaban J connectivity index is 1.53. The molecule has 1 aliphatic heterocycles. The van der Waals surface area contributed by atoms with Gasteiger partial charge in [0.05, 0.1) is 10.4 Å². The molecule has 0 aliphatic carbocycles. The van der Waals surface area contributed by atoms with E-state index in [2.05, 4.69) is 22.0 Å². The first-order valence-corrected chi connectivity index (χ1v) is 8.76. The van der Waals surface area contributed by atoms with Gasteiger partial charge < -0.3 is 4.90 Å². The van der Waals surface area contributed by atoms with Crippen LogP contribution < -0.4 is 4.90 Å². The Morgan fingerprint density at radius 1 is 0.962 bits per heavy atom. The van der Waals surface area contributed by atoms with Crippen LogP contribution in [0, 0.1) is 10.1 Å². The lowest BCUT2D eigenvalue weighted by atomic mass is 10.1. The second-order valence-corrected chi connectivity index (χ2v) is 6.53. The summed E-state index contributed by atoms with van der Waals surface area (Å²) in [6, 6.07) is 19.5. The van der Waals surface area contributed by atoms with E-state index in [0.29, 0.717) is 5.82 Å². The second kappa shape index (κ2) is 7.09. The topological polar surface area (TPSA) is 62.5 Å². The number of nitro groups is 1. The molecule has 0 saturated carbocycles. The van der Waals surface area contributed by atoms with Crippen LogP contribution in [0.2, 0.25) is 0 Å². The largest absolute Gasteiger partial charge is 0.348 e. The van der Waals surface area contributed by atoms with E-state index in [1.165, 1.54) is 5.56 Å². The summed E-state index contributed by atoms with van der Waals surface area (Å²) in [6.45, 7) is 4.10. The van der Waals surface area contributed by atoms with Gasteiger partial charge in [0.2, 0.25) is 5.82 Å². The zero-order valence-corrected chi connectivity index (χ0v) is 14.4. The van der Waals surface area contributed by atoms with Crippen molar-refractivity contribution < 1.29 is 4.92 Å². The molecule has 6 nitrogen and oxygen atoms in total. The first-order valence-electron chi connectivity index (χ1n) is 8.76. The van der Waals surface area contributed by atoms with Crippen molar-refractivity contribution in [2.24, 2.45) is 0 Å². The number of aromatic nitrogens is 1. The maximum atomic E-state index is 11.5. The van der Waals surface area contributed by atoms with Gasteiger partial charge >= 0.3 is 5.69 Å². The number of piperazine rings is 1. The smallest absolute Gasteiger partial charge is 0.312 e. The van der Waals surface area contributed by atoms with Crippen LogP contribution in [-0.2, 0) is 6.54 Å². The lowest BCUT2D eigenvalue weighted by Gasteiger charge is -2.35. The minimum atomic E-state index is -0.328. The third-order valence-corrected chi connectivity index (χ3v) is 4.80. The van der Waals surface area contributed by atoms with Crippen LogP contribution in [0.15, 0.2) is 60.7 Å². The molecule has 0 amide bonds. The monoisotopic (exact) mass is 348 g/mol. The molecule has 0 N–H and O–H groups in total. The summed E-state index contributed by atoms with van der Waals surface area (Å²) < 4.78 is 0. The SMILES string of the molecule is O=[N+]([O-])c1cc2ccccc2nc1N1CCN(Cc2ccccc2)CC1. The summed E-state index contributed by atoms with van der Waals surface area (Å²) in [5.74, 6) is 0.480. The van der Waals surface area contributed by atoms with Crippen LogP contribution in [0.25, 0.3) is 10.9 Å². The van der Waals surface area contributed by atoms with Crippen molar-refractivity contribution >= 4 is 22.4 Å². The molecule has 1 aromatic heterocycles. The molecule has 1 saturated heterocycles. The van der Waals surface area contributed by atoms with E-state index in [9.17, 15) is 10.1 Å². The van der Waals surface area contributed by atoms with Crippen LogP contribution in [0.4, 0.5) is 11.5 Å². The highest BCUT2D eigenvalue weighted by Gasteiger charge is 2.25. The van der Waals surface area contributed by atoms with Gasteiger partial charge in [0.15, 0.2) is 0 Å². The molecule has 2 aromatic carbocycles. The van der Waals surface area contributed by atoms with E-state index in [4.69, 9.17) is 0 Å². The van der Waals surface area contributed by atoms with Gasteiger partial charge in [-0.3, -0.25) is 15.0 Å². The number of hydrogen-bond acceptors (Lipinski definition) is 5. The number of para-hydroxylation sites is 1. The summed E-state index contributed by atoms with van der Waals surface area (Å²) >= 11 is 0. The summed E-state index contributed by atoms with van der Waals surface area (Å²) in [7, 11) is 0. The van der Waals surface area contributed by atoms with Crippen molar-refractivity contribution in [2.75, 3.05) is 31.1 Å². The minimum Gasteiger partial charge on any atom is -0.348 e. The zero-order valence-electron chi connectivity index (χ0n) is 14.4. The van der Waals surface area contributed by atoms with Gasteiger partial charge in [-0.2, -0.15) is 0 Å². The Morgan fingerprint density at radius 2 is 1.65 bits per heavy atom. The summed E-state index contributed by atoms with van der Waals surface area (Å²) in [5, 5.41) is 12.3. The van der Waals surface area contributed by atoms with Gasteiger partial charge in [0.1, 0.15) is 0 Å². The number of rotatable bonds is 4. The normalized spacial score (nSPS) is 15.3. The molecule has 2 heterocycles. The van der Waals surface area contributed by atoms with Gasteiger partial charge in [0, 0.05) is 44.2 Å². The number of benzene rings is 2. The summed E-state index contributed by atoms with van der Waals surface area (Å²) in [5.41, 5.74) is 2.16. The molecule has 0 spiro atoms. The first kappa shape index (κ1) is 16.5. The fourth-order valence-electron chi connectivity index (χ4n) is 3.42. The molecule has 0 atom stereocenters. The first-order chi connectivity index (χ1) is 12.7. The highest BCUT2D eigenvalue weighted by Crippen LogP contribution is 2.30.